The number of benzene rings is 1. The molecule has 0 radical (unpaired) electrons. The molecule has 2 saturated carbocycles. The largest absolute Gasteiger partial charge is 0.278 e. The van der Waals surface area contributed by atoms with Gasteiger partial charge in [0.05, 0.1) is 28.4 Å². The number of nitrogens with zero attached hydrogens (tertiary/aromatic N) is 1. The number of fused-ring (bicyclic) bond motifs is 6. The molecule has 6 unspecified atom stereocenters. The summed E-state index contributed by atoms with van der Waals surface area (Å²) in [5.41, 5.74) is 0.893. The zero-order chi connectivity index (χ0) is 20.9. The first-order valence-corrected chi connectivity index (χ1v) is 11.5. The monoisotopic (exact) mass is 511 g/mol. The van der Waals surface area contributed by atoms with Crippen LogP contribution in [0.15, 0.2) is 40.4 Å². The minimum absolute atomic E-state index is 0.137. The Morgan fingerprint density at radius 3 is 1.72 bits per heavy atom. The topological polar surface area (TPSA) is 37.4 Å². The van der Waals surface area contributed by atoms with Crippen LogP contribution in [0.1, 0.15) is 18.4 Å². The molecule has 1 saturated heterocycles. The Hall–Kier alpha value is -0.160. The van der Waals surface area contributed by atoms with Crippen LogP contribution in [-0.2, 0) is 16.1 Å². The van der Waals surface area contributed by atoms with Crippen molar-refractivity contribution in [3.05, 3.63) is 46.0 Å². The molecule has 3 nitrogen and oxygen atoms in total. The highest BCUT2D eigenvalue weighted by Crippen LogP contribution is 2.79. The van der Waals surface area contributed by atoms with E-state index in [1.165, 1.54) is 4.90 Å². The highest BCUT2D eigenvalue weighted by Gasteiger charge is 2.83. The van der Waals surface area contributed by atoms with Gasteiger partial charge in [-0.25, -0.2) is 0 Å². The highest BCUT2D eigenvalue weighted by atomic mass is 35.5. The van der Waals surface area contributed by atoms with Crippen molar-refractivity contribution < 1.29 is 9.59 Å². The van der Waals surface area contributed by atoms with Gasteiger partial charge in [-0.1, -0.05) is 76.7 Å². The number of allylic oxidation sites excluding steroid dienone is 2. The Kier molecular flexibility index (Phi) is 4.60. The van der Waals surface area contributed by atoms with E-state index < -0.39 is 25.9 Å². The van der Waals surface area contributed by atoms with Gasteiger partial charge >= 0.3 is 0 Å². The second kappa shape index (κ2) is 6.43. The molecule has 0 N–H and O–H groups in total. The van der Waals surface area contributed by atoms with E-state index in [1.54, 1.807) is 0 Å². The Morgan fingerprint density at radius 1 is 0.828 bits per heavy atom. The summed E-state index contributed by atoms with van der Waals surface area (Å²) in [4.78, 5) is 24.8. The fraction of sp³-hybridized carbons (Fsp3) is 0.500. The van der Waals surface area contributed by atoms with Gasteiger partial charge in [0.1, 0.15) is 9.75 Å². The summed E-state index contributed by atoms with van der Waals surface area (Å²) >= 11 is 40.0. The maximum absolute atomic E-state index is 13.1. The fourth-order valence-corrected chi connectivity index (χ4v) is 8.82. The lowest BCUT2D eigenvalue weighted by Crippen LogP contribution is -2.44. The molecule has 4 aliphatic rings. The summed E-state index contributed by atoms with van der Waals surface area (Å²) in [6, 6.07) is 9.41. The minimum Gasteiger partial charge on any atom is -0.278 e. The van der Waals surface area contributed by atoms with E-state index in [1.807, 2.05) is 30.3 Å². The first-order chi connectivity index (χ1) is 13.6. The SMILES string of the molecule is O=C1C2CC3C(CC2C(=O)N1Cc1ccccc1)C1(Cl)C(Cl)=C(Cl)C3(Cl)C1(Cl)Cl. The lowest BCUT2D eigenvalue weighted by atomic mass is 9.65. The average Bonchev–Trinajstić information content (AvgIpc) is 3.05. The first kappa shape index (κ1) is 20.7. The van der Waals surface area contributed by atoms with Crippen molar-refractivity contribution >= 4 is 81.4 Å². The number of halogens is 6. The van der Waals surface area contributed by atoms with Crippen LogP contribution in [0.5, 0.6) is 0 Å². The van der Waals surface area contributed by atoms with Gasteiger partial charge in [-0.15, -0.1) is 23.2 Å². The highest BCUT2D eigenvalue weighted by molar-refractivity contribution is 6.65. The van der Waals surface area contributed by atoms with Crippen molar-refractivity contribution in [2.45, 2.75) is 33.5 Å². The normalized spacial score (nSPS) is 42.5. The third kappa shape index (κ3) is 2.30. The van der Waals surface area contributed by atoms with Crippen LogP contribution in [0, 0.1) is 23.7 Å². The van der Waals surface area contributed by atoms with Gasteiger partial charge in [0.25, 0.3) is 0 Å². The van der Waals surface area contributed by atoms with E-state index in [-0.39, 0.29) is 40.3 Å². The molecule has 9 heteroatoms. The maximum atomic E-state index is 13.1. The van der Waals surface area contributed by atoms with Crippen LogP contribution in [0.4, 0.5) is 0 Å². The summed E-state index contributed by atoms with van der Waals surface area (Å²) in [6.45, 7) is 0.244. The zero-order valence-electron chi connectivity index (χ0n) is 14.8. The molecular formula is C20H15Cl6NO2. The molecule has 29 heavy (non-hydrogen) atoms. The molecule has 6 atom stereocenters. The summed E-state index contributed by atoms with van der Waals surface area (Å²) < 4.78 is -1.64. The second-order valence-corrected chi connectivity index (χ2v) is 11.5. The van der Waals surface area contributed by atoms with Crippen LogP contribution in [0.2, 0.25) is 0 Å². The molecular weight excluding hydrogens is 499 g/mol. The van der Waals surface area contributed by atoms with E-state index in [9.17, 15) is 9.59 Å². The number of imide groups is 1. The zero-order valence-corrected chi connectivity index (χ0v) is 19.4. The third-order valence-corrected chi connectivity index (χ3v) is 11.5. The Balaban J connectivity index is 1.50. The lowest BCUT2D eigenvalue weighted by Gasteiger charge is -2.42. The summed E-state index contributed by atoms with van der Waals surface area (Å²) in [5.74, 6) is -2.10. The minimum atomic E-state index is -1.64. The van der Waals surface area contributed by atoms with Crippen molar-refractivity contribution in [2.24, 2.45) is 23.7 Å². The van der Waals surface area contributed by atoms with E-state index in [0.717, 1.165) is 5.56 Å². The maximum Gasteiger partial charge on any atom is 0.233 e. The van der Waals surface area contributed by atoms with Crippen molar-refractivity contribution in [1.29, 1.82) is 0 Å². The number of carbonyl (C=O) groups is 2. The smallest absolute Gasteiger partial charge is 0.233 e. The average molecular weight is 514 g/mol. The molecule has 1 aromatic carbocycles. The number of carbonyl (C=O) groups excluding carboxylic acids is 2. The number of hydrogen-bond acceptors (Lipinski definition) is 2. The number of likely N-dealkylation sites (tertiary alicyclic amines) is 1. The lowest BCUT2D eigenvalue weighted by molar-refractivity contribution is -0.140. The molecule has 0 aromatic heterocycles. The number of amides is 2. The van der Waals surface area contributed by atoms with Crippen LogP contribution < -0.4 is 0 Å². The molecule has 5 rings (SSSR count). The quantitative estimate of drug-likeness (QED) is 0.378. The summed E-state index contributed by atoms with van der Waals surface area (Å²) in [7, 11) is 0. The predicted octanol–water partition coefficient (Wildman–Crippen LogP) is 5.66. The number of hydrogen-bond donors (Lipinski definition) is 0. The Bertz CT molecular complexity index is 911. The molecule has 3 fully saturated rings. The molecule has 1 aliphatic heterocycles. The van der Waals surface area contributed by atoms with Gasteiger partial charge in [0.15, 0.2) is 4.33 Å². The van der Waals surface area contributed by atoms with Gasteiger partial charge in [0.2, 0.25) is 11.8 Å². The van der Waals surface area contributed by atoms with Gasteiger partial charge in [0, 0.05) is 0 Å². The molecule has 154 valence electrons. The molecule has 3 aliphatic carbocycles. The first-order valence-electron chi connectivity index (χ1n) is 9.27. The molecule has 1 aromatic rings. The van der Waals surface area contributed by atoms with Gasteiger partial charge in [-0.05, 0) is 30.2 Å². The van der Waals surface area contributed by atoms with Gasteiger partial charge < -0.3 is 0 Å². The van der Waals surface area contributed by atoms with E-state index >= 15 is 0 Å². The van der Waals surface area contributed by atoms with E-state index in [4.69, 9.17) is 69.6 Å². The fourth-order valence-electron chi connectivity index (χ4n) is 5.71. The van der Waals surface area contributed by atoms with E-state index in [0.29, 0.717) is 12.8 Å². The summed E-state index contributed by atoms with van der Waals surface area (Å²) in [6.07, 6.45) is 0.676. The summed E-state index contributed by atoms with van der Waals surface area (Å²) in [5, 5.41) is 0.275. The standard InChI is InChI=1S/C20H15Cl6NO2/c21-14-15(22)19(24)13-7-11-10(6-12(13)18(14,23)20(19,25)26)16(28)27(17(11)29)8-9-4-2-1-3-5-9/h1-5,10-13H,6-8H2. The van der Waals surface area contributed by atoms with Crippen LogP contribution in [-0.4, -0.2) is 30.8 Å². The second-order valence-electron chi connectivity index (χ2n) is 8.27. The number of rotatable bonds is 2. The van der Waals surface area contributed by atoms with Gasteiger partial charge in [-0.3, -0.25) is 14.5 Å². The predicted molar refractivity (Wildman–Crippen MR) is 116 cm³/mol. The van der Waals surface area contributed by atoms with Crippen LogP contribution >= 0.6 is 69.6 Å². The molecule has 1 heterocycles. The molecule has 2 amide bonds. The molecule has 0 spiro atoms. The van der Waals surface area contributed by atoms with Crippen molar-refractivity contribution in [3.8, 4) is 0 Å². The van der Waals surface area contributed by atoms with Crippen LogP contribution in [0.3, 0.4) is 0 Å². The van der Waals surface area contributed by atoms with Gasteiger partial charge in [-0.2, -0.15) is 0 Å². The van der Waals surface area contributed by atoms with Crippen LogP contribution in [0.25, 0.3) is 0 Å². The number of alkyl halides is 4. The third-order valence-electron chi connectivity index (χ3n) is 7.10. The molecule has 2 bridgehead atoms. The van der Waals surface area contributed by atoms with Crippen molar-refractivity contribution in [2.75, 3.05) is 0 Å². The Labute approximate surface area is 198 Å². The Morgan fingerprint density at radius 2 is 1.28 bits per heavy atom. The van der Waals surface area contributed by atoms with Crippen molar-refractivity contribution in [1.82, 2.24) is 4.90 Å². The van der Waals surface area contributed by atoms with E-state index in [2.05, 4.69) is 0 Å². The van der Waals surface area contributed by atoms with Crippen molar-refractivity contribution in [3.63, 3.8) is 0 Å².